The summed E-state index contributed by atoms with van der Waals surface area (Å²) in [5, 5.41) is 0.177. The maximum Gasteiger partial charge on any atom is 0.142 e. The van der Waals surface area contributed by atoms with E-state index in [0.717, 1.165) is 29.4 Å². The number of aryl methyl sites for hydroxylation is 1. The summed E-state index contributed by atoms with van der Waals surface area (Å²) in [6.45, 7) is 4.75. The Balaban J connectivity index is 1.50. The Morgan fingerprint density at radius 1 is 1.04 bits per heavy atom. The van der Waals surface area contributed by atoms with Crippen molar-refractivity contribution in [1.29, 1.82) is 0 Å². The predicted octanol–water partition coefficient (Wildman–Crippen LogP) is 7.37. The number of rotatable bonds is 6. The molecule has 0 bridgehead atoms. The predicted molar refractivity (Wildman–Crippen MR) is 114 cm³/mol. The molecule has 0 amide bonds. The lowest BCUT2D eigenvalue weighted by Crippen LogP contribution is -2.23. The van der Waals surface area contributed by atoms with Crippen molar-refractivity contribution in [3.63, 3.8) is 0 Å². The van der Waals surface area contributed by atoms with Crippen LogP contribution in [0, 0.1) is 17.7 Å². The van der Waals surface area contributed by atoms with Gasteiger partial charge in [-0.05, 0) is 53.5 Å². The Kier molecular flexibility index (Phi) is 6.94. The molecule has 0 aliphatic carbocycles. The van der Waals surface area contributed by atoms with E-state index < -0.39 is 8.80 Å². The van der Waals surface area contributed by atoms with Gasteiger partial charge in [-0.25, -0.2) is 4.39 Å². The fraction of sp³-hybridized carbons (Fsp3) is 0.478. The van der Waals surface area contributed by atoms with E-state index in [4.69, 9.17) is 11.6 Å². The molecular weight excluding hydrogens is 359 g/mol. The number of hydrogen-bond donors (Lipinski definition) is 0. The molecule has 2 aromatic carbocycles. The minimum absolute atomic E-state index is 0.177. The van der Waals surface area contributed by atoms with Gasteiger partial charge in [0.05, 0.1) is 5.02 Å². The Morgan fingerprint density at radius 3 is 2.31 bits per heavy atom. The van der Waals surface area contributed by atoms with Crippen LogP contribution in [-0.4, -0.2) is 8.80 Å². The number of benzene rings is 2. The number of halogens is 2. The van der Waals surface area contributed by atoms with Crippen LogP contribution in [0.5, 0.6) is 0 Å². The third-order valence-electron chi connectivity index (χ3n) is 5.82. The third-order valence-corrected chi connectivity index (χ3v) is 10.0. The fourth-order valence-corrected chi connectivity index (χ4v) is 8.43. The van der Waals surface area contributed by atoms with E-state index in [2.05, 4.69) is 38.1 Å². The third kappa shape index (κ3) is 5.44. The first-order valence-corrected chi connectivity index (χ1v) is 12.9. The van der Waals surface area contributed by atoms with E-state index in [0.29, 0.717) is 0 Å². The van der Waals surface area contributed by atoms with E-state index in [1.54, 1.807) is 24.2 Å². The second-order valence-electron chi connectivity index (χ2n) is 8.38. The highest BCUT2D eigenvalue weighted by Crippen LogP contribution is 2.32. The Labute approximate surface area is 164 Å². The van der Waals surface area contributed by atoms with Crippen molar-refractivity contribution in [2.75, 3.05) is 0 Å². The summed E-state index contributed by atoms with van der Waals surface area (Å²) in [5.41, 5.74) is 3.32. The molecule has 3 heteroatoms. The van der Waals surface area contributed by atoms with Gasteiger partial charge in [-0.1, -0.05) is 86.8 Å². The van der Waals surface area contributed by atoms with Crippen molar-refractivity contribution in [2.45, 2.75) is 57.7 Å². The van der Waals surface area contributed by atoms with Gasteiger partial charge in [0.2, 0.25) is 0 Å². The Hall–Kier alpha value is -1.12. The van der Waals surface area contributed by atoms with Crippen LogP contribution >= 0.6 is 11.6 Å². The molecule has 1 saturated heterocycles. The molecule has 0 radical (unpaired) electrons. The summed E-state index contributed by atoms with van der Waals surface area (Å²) in [6.07, 6.45) is 5.41. The van der Waals surface area contributed by atoms with Gasteiger partial charge in [-0.2, -0.15) is 0 Å². The zero-order valence-electron chi connectivity index (χ0n) is 16.0. The molecule has 1 aliphatic rings. The van der Waals surface area contributed by atoms with Crippen LogP contribution < -0.4 is 0 Å². The highest BCUT2D eigenvalue weighted by molar-refractivity contribution is 6.59. The molecule has 140 valence electrons. The average Bonchev–Trinajstić information content (AvgIpc) is 2.63. The van der Waals surface area contributed by atoms with Crippen molar-refractivity contribution >= 4 is 20.4 Å². The molecule has 0 aromatic heterocycles. The van der Waals surface area contributed by atoms with E-state index >= 15 is 0 Å². The summed E-state index contributed by atoms with van der Waals surface area (Å²) in [4.78, 5) is 0. The van der Waals surface area contributed by atoms with Crippen LogP contribution in [0.3, 0.4) is 0 Å². The molecule has 0 nitrogen and oxygen atoms in total. The fourth-order valence-electron chi connectivity index (χ4n) is 4.33. The monoisotopic (exact) mass is 388 g/mol. The molecule has 0 unspecified atom stereocenters. The van der Waals surface area contributed by atoms with Crippen molar-refractivity contribution in [1.82, 2.24) is 0 Å². The lowest BCUT2D eigenvalue weighted by molar-refractivity contribution is 0.436. The first-order valence-electron chi connectivity index (χ1n) is 10.1. The summed E-state index contributed by atoms with van der Waals surface area (Å²) >= 11 is 5.77. The molecule has 0 spiro atoms. The standard InChI is InChI=1S/C23H30ClFSi/c1-17(2)16-26-13-11-19(12-14-26)4-3-18-5-7-20(8-6-18)21-9-10-22(24)23(25)15-21/h5-10,15,17,19,26H,3-4,11-14,16H2,1-2H3. The molecule has 0 atom stereocenters. The van der Waals surface area contributed by atoms with E-state index in [9.17, 15) is 4.39 Å². The van der Waals surface area contributed by atoms with Gasteiger partial charge < -0.3 is 0 Å². The summed E-state index contributed by atoms with van der Waals surface area (Å²) in [6, 6.07) is 18.3. The molecule has 2 aromatic rings. The molecule has 1 aliphatic heterocycles. The number of hydrogen-bond acceptors (Lipinski definition) is 0. The lowest BCUT2D eigenvalue weighted by atomic mass is 9.93. The van der Waals surface area contributed by atoms with Gasteiger partial charge in [0.1, 0.15) is 5.82 Å². The molecular formula is C23H30ClFSi. The van der Waals surface area contributed by atoms with Crippen LogP contribution in [0.15, 0.2) is 42.5 Å². The van der Waals surface area contributed by atoms with Crippen molar-refractivity contribution in [3.8, 4) is 11.1 Å². The molecule has 3 rings (SSSR count). The van der Waals surface area contributed by atoms with Crippen molar-refractivity contribution in [2.24, 2.45) is 11.8 Å². The maximum absolute atomic E-state index is 13.6. The van der Waals surface area contributed by atoms with Crippen molar-refractivity contribution < 1.29 is 4.39 Å². The zero-order valence-corrected chi connectivity index (χ0v) is 17.9. The van der Waals surface area contributed by atoms with E-state index in [1.807, 2.05) is 6.07 Å². The zero-order chi connectivity index (χ0) is 18.5. The minimum atomic E-state index is -0.411. The first-order chi connectivity index (χ1) is 12.5. The second kappa shape index (κ2) is 9.19. The van der Waals surface area contributed by atoms with Crippen LogP contribution in [0.25, 0.3) is 11.1 Å². The molecule has 0 saturated carbocycles. The van der Waals surface area contributed by atoms with Crippen LogP contribution in [0.1, 0.15) is 38.7 Å². The second-order valence-corrected chi connectivity index (χ2v) is 12.1. The molecule has 1 fully saturated rings. The van der Waals surface area contributed by atoms with Crippen LogP contribution in [-0.2, 0) is 6.42 Å². The molecule has 0 N–H and O–H groups in total. The maximum atomic E-state index is 13.6. The van der Waals surface area contributed by atoms with Crippen molar-refractivity contribution in [3.05, 3.63) is 58.9 Å². The van der Waals surface area contributed by atoms with Gasteiger partial charge in [0.15, 0.2) is 0 Å². The van der Waals surface area contributed by atoms with E-state index in [1.165, 1.54) is 30.9 Å². The normalized spacial score (nSPS) is 20.5. The van der Waals surface area contributed by atoms with Gasteiger partial charge in [-0.15, -0.1) is 0 Å². The Bertz CT molecular complexity index is 703. The van der Waals surface area contributed by atoms with Gasteiger partial charge >= 0.3 is 0 Å². The first kappa shape index (κ1) is 19.6. The summed E-state index contributed by atoms with van der Waals surface area (Å²) < 4.78 is 13.6. The highest BCUT2D eigenvalue weighted by atomic mass is 35.5. The molecule has 1 heterocycles. The quantitative estimate of drug-likeness (QED) is 0.453. The van der Waals surface area contributed by atoms with Gasteiger partial charge in [0, 0.05) is 8.80 Å². The van der Waals surface area contributed by atoms with Gasteiger partial charge in [-0.3, -0.25) is 0 Å². The van der Waals surface area contributed by atoms with Gasteiger partial charge in [0.25, 0.3) is 0 Å². The van der Waals surface area contributed by atoms with E-state index in [-0.39, 0.29) is 10.8 Å². The SMILES string of the molecule is CC(C)C[SiH]1CCC(CCc2ccc(-c3ccc(Cl)c(F)c3)cc2)CC1. The summed E-state index contributed by atoms with van der Waals surface area (Å²) in [7, 11) is -0.411. The topological polar surface area (TPSA) is 0 Å². The highest BCUT2D eigenvalue weighted by Gasteiger charge is 2.22. The Morgan fingerprint density at radius 2 is 1.69 bits per heavy atom. The largest absolute Gasteiger partial charge is 0.205 e. The lowest BCUT2D eigenvalue weighted by Gasteiger charge is -2.28. The average molecular weight is 389 g/mol. The van der Waals surface area contributed by atoms with Crippen LogP contribution in [0.2, 0.25) is 23.2 Å². The van der Waals surface area contributed by atoms with Crippen LogP contribution in [0.4, 0.5) is 4.39 Å². The molecule has 26 heavy (non-hydrogen) atoms. The summed E-state index contributed by atoms with van der Waals surface area (Å²) in [5.74, 6) is 1.47. The smallest absolute Gasteiger partial charge is 0.142 e. The minimum Gasteiger partial charge on any atom is -0.205 e.